The summed E-state index contributed by atoms with van der Waals surface area (Å²) in [5.74, 6) is 0.0604. The van der Waals surface area contributed by atoms with Gasteiger partial charge in [0, 0.05) is 6.42 Å². The lowest BCUT2D eigenvalue weighted by Crippen LogP contribution is -2.41. The van der Waals surface area contributed by atoms with Crippen LogP contribution in [0.5, 0.6) is 0 Å². The van der Waals surface area contributed by atoms with E-state index in [4.69, 9.17) is 0 Å². The Kier molecular flexibility index (Phi) is 4.98. The van der Waals surface area contributed by atoms with Gasteiger partial charge in [-0.1, -0.05) is 19.9 Å². The average molecular weight is 240 g/mol. The zero-order valence-corrected chi connectivity index (χ0v) is 10.3. The zero-order valence-electron chi connectivity index (χ0n) is 9.45. The van der Waals surface area contributed by atoms with Gasteiger partial charge < -0.3 is 0 Å². The molecule has 16 heavy (non-hydrogen) atoms. The number of hydrogen-bond acceptors (Lipinski definition) is 3. The van der Waals surface area contributed by atoms with Crippen LogP contribution in [-0.2, 0) is 4.79 Å². The highest BCUT2D eigenvalue weighted by Gasteiger charge is 2.08. The van der Waals surface area contributed by atoms with Crippen LogP contribution in [0.15, 0.2) is 17.5 Å². The van der Waals surface area contributed by atoms with Crippen LogP contribution >= 0.6 is 11.3 Å². The second-order valence-electron chi connectivity index (χ2n) is 3.91. The molecule has 5 heteroatoms. The fourth-order valence-electron chi connectivity index (χ4n) is 1.08. The highest BCUT2D eigenvalue weighted by molar-refractivity contribution is 7.12. The van der Waals surface area contributed by atoms with Crippen LogP contribution in [0.25, 0.3) is 0 Å². The Morgan fingerprint density at radius 3 is 2.69 bits per heavy atom. The average Bonchev–Trinajstić information content (AvgIpc) is 2.76. The number of carbonyl (C=O) groups is 2. The SMILES string of the molecule is CC(C)CCC(=O)NNC(=O)c1cccs1. The zero-order chi connectivity index (χ0) is 12.0. The molecule has 0 aliphatic rings. The standard InChI is InChI=1S/C11H16N2O2S/c1-8(2)5-6-10(14)12-13-11(15)9-4-3-7-16-9/h3-4,7-8H,5-6H2,1-2H3,(H,12,14)(H,13,15). The topological polar surface area (TPSA) is 58.2 Å². The number of hydrazine groups is 1. The lowest BCUT2D eigenvalue weighted by atomic mass is 10.1. The quantitative estimate of drug-likeness (QED) is 0.790. The molecule has 1 aromatic heterocycles. The Morgan fingerprint density at radius 1 is 1.38 bits per heavy atom. The molecule has 0 aromatic carbocycles. The minimum Gasteiger partial charge on any atom is -0.273 e. The van der Waals surface area contributed by atoms with E-state index in [1.54, 1.807) is 12.1 Å². The van der Waals surface area contributed by atoms with Crippen molar-refractivity contribution in [3.63, 3.8) is 0 Å². The molecule has 0 bridgehead atoms. The van der Waals surface area contributed by atoms with Gasteiger partial charge in [-0.05, 0) is 23.8 Å². The van der Waals surface area contributed by atoms with Crippen LogP contribution in [-0.4, -0.2) is 11.8 Å². The summed E-state index contributed by atoms with van der Waals surface area (Å²) in [6.45, 7) is 4.11. The van der Waals surface area contributed by atoms with E-state index >= 15 is 0 Å². The summed E-state index contributed by atoms with van der Waals surface area (Å²) < 4.78 is 0. The van der Waals surface area contributed by atoms with Crippen molar-refractivity contribution in [2.75, 3.05) is 0 Å². The summed E-state index contributed by atoms with van der Waals surface area (Å²) in [6.07, 6.45) is 1.25. The molecule has 0 saturated heterocycles. The summed E-state index contributed by atoms with van der Waals surface area (Å²) in [6, 6.07) is 3.50. The van der Waals surface area contributed by atoms with Crippen molar-refractivity contribution in [1.29, 1.82) is 0 Å². The van der Waals surface area contributed by atoms with Gasteiger partial charge in [-0.3, -0.25) is 20.4 Å². The summed E-state index contributed by atoms with van der Waals surface area (Å²) >= 11 is 1.34. The van der Waals surface area contributed by atoms with E-state index in [0.717, 1.165) is 6.42 Å². The molecule has 0 radical (unpaired) electrons. The fourth-order valence-corrected chi connectivity index (χ4v) is 1.70. The van der Waals surface area contributed by atoms with Gasteiger partial charge in [0.1, 0.15) is 0 Å². The highest BCUT2D eigenvalue weighted by atomic mass is 32.1. The third-order valence-corrected chi connectivity index (χ3v) is 2.88. The molecular formula is C11H16N2O2S. The Labute approximate surface area is 99.0 Å². The van der Waals surface area contributed by atoms with E-state index in [-0.39, 0.29) is 11.8 Å². The van der Waals surface area contributed by atoms with Crippen molar-refractivity contribution < 1.29 is 9.59 Å². The number of amides is 2. The molecule has 88 valence electrons. The van der Waals surface area contributed by atoms with Crippen LogP contribution in [0.1, 0.15) is 36.4 Å². The monoisotopic (exact) mass is 240 g/mol. The van der Waals surface area contributed by atoms with Crippen molar-refractivity contribution in [3.05, 3.63) is 22.4 Å². The van der Waals surface area contributed by atoms with Crippen LogP contribution < -0.4 is 10.9 Å². The van der Waals surface area contributed by atoms with Gasteiger partial charge in [0.05, 0.1) is 4.88 Å². The molecule has 0 saturated carbocycles. The van der Waals surface area contributed by atoms with E-state index in [2.05, 4.69) is 24.7 Å². The summed E-state index contributed by atoms with van der Waals surface area (Å²) in [5.41, 5.74) is 4.77. The number of hydrogen-bond donors (Lipinski definition) is 2. The van der Waals surface area contributed by atoms with Crippen LogP contribution in [0.3, 0.4) is 0 Å². The van der Waals surface area contributed by atoms with E-state index in [1.807, 2.05) is 5.38 Å². The smallest absolute Gasteiger partial charge is 0.273 e. The molecule has 0 atom stereocenters. The first-order chi connectivity index (χ1) is 7.59. The van der Waals surface area contributed by atoms with Gasteiger partial charge >= 0.3 is 0 Å². The van der Waals surface area contributed by atoms with E-state index in [0.29, 0.717) is 17.2 Å². The number of carbonyl (C=O) groups excluding carboxylic acids is 2. The van der Waals surface area contributed by atoms with Crippen molar-refractivity contribution in [2.45, 2.75) is 26.7 Å². The first kappa shape index (κ1) is 12.7. The molecule has 0 aliphatic carbocycles. The van der Waals surface area contributed by atoms with Crippen LogP contribution in [0.4, 0.5) is 0 Å². The summed E-state index contributed by atoms with van der Waals surface area (Å²) in [7, 11) is 0. The molecule has 0 unspecified atom stereocenters. The lowest BCUT2D eigenvalue weighted by molar-refractivity contribution is -0.122. The Hall–Kier alpha value is -1.36. The minimum atomic E-state index is -0.270. The van der Waals surface area contributed by atoms with Gasteiger partial charge in [0.15, 0.2) is 0 Å². The van der Waals surface area contributed by atoms with Gasteiger partial charge in [-0.2, -0.15) is 0 Å². The molecule has 2 amide bonds. The second-order valence-corrected chi connectivity index (χ2v) is 4.86. The maximum Gasteiger partial charge on any atom is 0.279 e. The molecule has 0 aliphatic heterocycles. The van der Waals surface area contributed by atoms with Gasteiger partial charge in [-0.25, -0.2) is 0 Å². The van der Waals surface area contributed by atoms with E-state index in [9.17, 15) is 9.59 Å². The number of nitrogens with one attached hydrogen (secondary N) is 2. The van der Waals surface area contributed by atoms with Crippen molar-refractivity contribution >= 4 is 23.2 Å². The van der Waals surface area contributed by atoms with Gasteiger partial charge in [0.2, 0.25) is 5.91 Å². The number of rotatable bonds is 4. The third kappa shape index (κ3) is 4.44. The molecule has 4 nitrogen and oxygen atoms in total. The molecule has 2 N–H and O–H groups in total. The molecule has 0 spiro atoms. The third-order valence-electron chi connectivity index (χ3n) is 2.01. The van der Waals surface area contributed by atoms with E-state index < -0.39 is 0 Å². The van der Waals surface area contributed by atoms with Crippen LogP contribution in [0.2, 0.25) is 0 Å². The first-order valence-electron chi connectivity index (χ1n) is 5.22. The molecule has 0 fully saturated rings. The summed E-state index contributed by atoms with van der Waals surface area (Å²) in [5, 5.41) is 1.81. The first-order valence-corrected chi connectivity index (χ1v) is 6.10. The van der Waals surface area contributed by atoms with Gasteiger partial charge in [-0.15, -0.1) is 11.3 Å². The molecule has 1 aromatic rings. The van der Waals surface area contributed by atoms with Crippen molar-refractivity contribution in [2.24, 2.45) is 5.92 Å². The maximum absolute atomic E-state index is 11.4. The largest absolute Gasteiger partial charge is 0.279 e. The van der Waals surface area contributed by atoms with E-state index in [1.165, 1.54) is 11.3 Å². The van der Waals surface area contributed by atoms with Crippen molar-refractivity contribution in [1.82, 2.24) is 10.9 Å². The predicted octanol–water partition coefficient (Wildman–Crippen LogP) is 1.95. The Morgan fingerprint density at radius 2 is 2.12 bits per heavy atom. The predicted molar refractivity (Wildman–Crippen MR) is 64.0 cm³/mol. The fraction of sp³-hybridized carbons (Fsp3) is 0.455. The maximum atomic E-state index is 11.4. The molecule has 1 rings (SSSR count). The normalized spacial score (nSPS) is 10.2. The summed E-state index contributed by atoms with van der Waals surface area (Å²) in [4.78, 5) is 23.3. The molecular weight excluding hydrogens is 224 g/mol. The Balaban J connectivity index is 2.24. The number of thiophene rings is 1. The lowest BCUT2D eigenvalue weighted by Gasteiger charge is -2.07. The van der Waals surface area contributed by atoms with Crippen molar-refractivity contribution in [3.8, 4) is 0 Å². The Bertz CT molecular complexity index is 347. The van der Waals surface area contributed by atoms with Gasteiger partial charge in [0.25, 0.3) is 5.91 Å². The minimum absolute atomic E-state index is 0.154. The molecule has 1 heterocycles. The van der Waals surface area contributed by atoms with Crippen LogP contribution in [0, 0.1) is 5.92 Å². The second kappa shape index (κ2) is 6.27. The highest BCUT2D eigenvalue weighted by Crippen LogP contribution is 2.07.